The Morgan fingerprint density at radius 2 is 1.62 bits per heavy atom. The number of rotatable bonds is 7. The van der Waals surface area contributed by atoms with E-state index in [-0.39, 0.29) is 23.7 Å². The quantitative estimate of drug-likeness (QED) is 0.704. The van der Waals surface area contributed by atoms with Crippen LogP contribution in [0.5, 0.6) is 5.75 Å². The van der Waals surface area contributed by atoms with Crippen LogP contribution in [0.1, 0.15) is 45.1 Å². The summed E-state index contributed by atoms with van der Waals surface area (Å²) in [7, 11) is 0. The molecule has 29 heavy (non-hydrogen) atoms. The van der Waals surface area contributed by atoms with Gasteiger partial charge in [-0.1, -0.05) is 0 Å². The normalized spacial score (nSPS) is 22.9. The van der Waals surface area contributed by atoms with Crippen LogP contribution in [0.4, 0.5) is 0 Å². The van der Waals surface area contributed by atoms with Crippen molar-refractivity contribution in [3.63, 3.8) is 0 Å². The van der Waals surface area contributed by atoms with Crippen LogP contribution >= 0.6 is 0 Å². The highest BCUT2D eigenvalue weighted by molar-refractivity contribution is 5.79. The SMILES string of the molecule is CCOC(=O)C1CCN(C(=O)C2CC[NH+](Cc3ccc(OCC)cc3)CC2)CC1. The van der Waals surface area contributed by atoms with Gasteiger partial charge in [-0.2, -0.15) is 0 Å². The van der Waals surface area contributed by atoms with E-state index < -0.39 is 0 Å². The molecule has 0 bridgehead atoms. The van der Waals surface area contributed by atoms with Crippen molar-refractivity contribution in [2.24, 2.45) is 11.8 Å². The average molecular weight is 404 g/mol. The van der Waals surface area contributed by atoms with Gasteiger partial charge in [-0.05, 0) is 51.0 Å². The lowest BCUT2D eigenvalue weighted by Crippen LogP contribution is -3.11. The summed E-state index contributed by atoms with van der Waals surface area (Å²) in [6, 6.07) is 8.36. The summed E-state index contributed by atoms with van der Waals surface area (Å²) in [5.74, 6) is 1.19. The molecule has 2 aliphatic heterocycles. The van der Waals surface area contributed by atoms with Gasteiger partial charge in [0, 0.05) is 37.4 Å². The molecule has 1 aromatic rings. The third kappa shape index (κ3) is 5.95. The molecular formula is C23H35N2O4+. The summed E-state index contributed by atoms with van der Waals surface area (Å²) < 4.78 is 10.6. The minimum Gasteiger partial charge on any atom is -0.494 e. The Labute approximate surface area is 174 Å². The molecule has 0 unspecified atom stereocenters. The molecule has 160 valence electrons. The van der Waals surface area contributed by atoms with Crippen LogP contribution in [-0.2, 0) is 20.9 Å². The van der Waals surface area contributed by atoms with Crippen molar-refractivity contribution >= 4 is 11.9 Å². The highest BCUT2D eigenvalue weighted by Gasteiger charge is 2.34. The van der Waals surface area contributed by atoms with E-state index in [0.29, 0.717) is 26.3 Å². The summed E-state index contributed by atoms with van der Waals surface area (Å²) >= 11 is 0. The molecule has 0 spiro atoms. The summed E-state index contributed by atoms with van der Waals surface area (Å²) in [5, 5.41) is 0. The van der Waals surface area contributed by atoms with Crippen molar-refractivity contribution in [1.29, 1.82) is 0 Å². The summed E-state index contributed by atoms with van der Waals surface area (Å²) in [5.41, 5.74) is 1.31. The second-order valence-corrected chi connectivity index (χ2v) is 8.13. The van der Waals surface area contributed by atoms with Crippen molar-refractivity contribution < 1.29 is 24.0 Å². The number of carbonyl (C=O) groups is 2. The third-order valence-electron chi connectivity index (χ3n) is 6.16. The summed E-state index contributed by atoms with van der Waals surface area (Å²) in [6.07, 6.45) is 3.35. The molecule has 2 aliphatic rings. The number of piperidine rings is 2. The van der Waals surface area contributed by atoms with E-state index in [4.69, 9.17) is 9.47 Å². The molecular weight excluding hydrogens is 368 g/mol. The molecule has 0 saturated carbocycles. The van der Waals surface area contributed by atoms with Crippen LogP contribution in [0.3, 0.4) is 0 Å². The van der Waals surface area contributed by atoms with Gasteiger partial charge in [0.2, 0.25) is 5.91 Å². The van der Waals surface area contributed by atoms with Crippen LogP contribution in [0, 0.1) is 11.8 Å². The Hall–Kier alpha value is -2.08. The van der Waals surface area contributed by atoms with E-state index in [1.807, 2.05) is 30.9 Å². The zero-order valence-corrected chi connectivity index (χ0v) is 17.8. The predicted molar refractivity (Wildman–Crippen MR) is 111 cm³/mol. The lowest BCUT2D eigenvalue weighted by atomic mass is 9.92. The molecule has 6 heteroatoms. The molecule has 0 atom stereocenters. The Morgan fingerprint density at radius 3 is 2.21 bits per heavy atom. The first-order chi connectivity index (χ1) is 14.1. The smallest absolute Gasteiger partial charge is 0.309 e. The van der Waals surface area contributed by atoms with Crippen LogP contribution in [0.15, 0.2) is 24.3 Å². The fourth-order valence-corrected chi connectivity index (χ4v) is 4.46. The standard InChI is InChI=1S/C23H34N2O4/c1-3-28-21-7-5-18(6-8-21)17-24-13-9-19(10-14-24)22(26)25-15-11-20(12-16-25)23(27)29-4-2/h5-8,19-20H,3-4,9-17H2,1-2H3/p+1. The van der Waals surface area contributed by atoms with Gasteiger partial charge in [0.25, 0.3) is 0 Å². The molecule has 0 aromatic heterocycles. The van der Waals surface area contributed by atoms with Crippen LogP contribution in [-0.4, -0.2) is 56.2 Å². The average Bonchev–Trinajstić information content (AvgIpc) is 2.76. The van der Waals surface area contributed by atoms with Crippen molar-refractivity contribution in [2.45, 2.75) is 46.1 Å². The first-order valence-corrected chi connectivity index (χ1v) is 11.1. The van der Waals surface area contributed by atoms with E-state index in [1.54, 1.807) is 4.90 Å². The van der Waals surface area contributed by atoms with Crippen LogP contribution in [0.2, 0.25) is 0 Å². The monoisotopic (exact) mass is 403 g/mol. The van der Waals surface area contributed by atoms with E-state index in [1.165, 1.54) is 5.56 Å². The predicted octanol–water partition coefficient (Wildman–Crippen LogP) is 1.68. The minimum atomic E-state index is -0.106. The van der Waals surface area contributed by atoms with Crippen molar-refractivity contribution in [3.05, 3.63) is 29.8 Å². The van der Waals surface area contributed by atoms with Gasteiger partial charge >= 0.3 is 5.97 Å². The van der Waals surface area contributed by atoms with E-state index in [0.717, 1.165) is 51.1 Å². The maximum Gasteiger partial charge on any atom is 0.309 e. The Kier molecular flexibility index (Phi) is 7.92. The fourth-order valence-electron chi connectivity index (χ4n) is 4.46. The van der Waals surface area contributed by atoms with Gasteiger partial charge < -0.3 is 19.3 Å². The van der Waals surface area contributed by atoms with E-state index in [2.05, 4.69) is 12.1 Å². The van der Waals surface area contributed by atoms with Crippen molar-refractivity contribution in [2.75, 3.05) is 39.4 Å². The van der Waals surface area contributed by atoms with Gasteiger partial charge in [0.1, 0.15) is 12.3 Å². The van der Waals surface area contributed by atoms with Crippen LogP contribution in [0.25, 0.3) is 0 Å². The number of amides is 1. The second-order valence-electron chi connectivity index (χ2n) is 8.13. The number of nitrogens with zero attached hydrogens (tertiary/aromatic N) is 1. The summed E-state index contributed by atoms with van der Waals surface area (Å²) in [6.45, 7) is 9.36. The van der Waals surface area contributed by atoms with Gasteiger partial charge in [-0.3, -0.25) is 9.59 Å². The van der Waals surface area contributed by atoms with Gasteiger partial charge in [-0.25, -0.2) is 0 Å². The molecule has 0 radical (unpaired) electrons. The molecule has 2 fully saturated rings. The molecule has 1 aromatic carbocycles. The maximum absolute atomic E-state index is 12.9. The number of likely N-dealkylation sites (tertiary alicyclic amines) is 2. The first-order valence-electron chi connectivity index (χ1n) is 11.1. The number of nitrogens with one attached hydrogen (secondary N) is 1. The Bertz CT molecular complexity index is 660. The second kappa shape index (κ2) is 10.6. The Morgan fingerprint density at radius 1 is 0.966 bits per heavy atom. The van der Waals surface area contributed by atoms with Gasteiger partial charge in [0.15, 0.2) is 0 Å². The Balaban J connectivity index is 1.41. The lowest BCUT2D eigenvalue weighted by molar-refractivity contribution is -0.919. The number of ether oxygens (including phenoxy) is 2. The fraction of sp³-hybridized carbons (Fsp3) is 0.652. The van der Waals surface area contributed by atoms with Gasteiger partial charge in [0.05, 0.1) is 32.2 Å². The largest absolute Gasteiger partial charge is 0.494 e. The summed E-state index contributed by atoms with van der Waals surface area (Å²) in [4.78, 5) is 28.3. The molecule has 3 rings (SSSR count). The number of benzene rings is 1. The number of hydrogen-bond acceptors (Lipinski definition) is 4. The molecule has 2 saturated heterocycles. The number of carbonyl (C=O) groups excluding carboxylic acids is 2. The van der Waals surface area contributed by atoms with Crippen molar-refractivity contribution in [3.8, 4) is 5.75 Å². The molecule has 1 amide bonds. The zero-order chi connectivity index (χ0) is 20.6. The van der Waals surface area contributed by atoms with E-state index in [9.17, 15) is 9.59 Å². The van der Waals surface area contributed by atoms with Crippen LogP contribution < -0.4 is 9.64 Å². The molecule has 0 aliphatic carbocycles. The number of quaternary nitrogens is 1. The third-order valence-corrected chi connectivity index (χ3v) is 6.16. The highest BCUT2D eigenvalue weighted by Crippen LogP contribution is 2.22. The minimum absolute atomic E-state index is 0.0422. The maximum atomic E-state index is 12.9. The lowest BCUT2D eigenvalue weighted by Gasteiger charge is -2.35. The zero-order valence-electron chi connectivity index (χ0n) is 17.8. The molecule has 2 heterocycles. The first kappa shape index (κ1) is 21.6. The van der Waals surface area contributed by atoms with Gasteiger partial charge in [-0.15, -0.1) is 0 Å². The number of hydrogen-bond donors (Lipinski definition) is 1. The number of esters is 1. The molecule has 1 N–H and O–H groups in total. The topological polar surface area (TPSA) is 60.3 Å². The highest BCUT2D eigenvalue weighted by atomic mass is 16.5. The van der Waals surface area contributed by atoms with E-state index >= 15 is 0 Å². The van der Waals surface area contributed by atoms with Crippen molar-refractivity contribution in [1.82, 2.24) is 4.90 Å². The molecule has 6 nitrogen and oxygen atoms in total.